The van der Waals surface area contributed by atoms with E-state index in [1.807, 2.05) is 58.2 Å². The molecular formula is C7H4BrFI2. The molecule has 0 nitrogen and oxygen atoms in total. The van der Waals surface area contributed by atoms with Crippen molar-refractivity contribution in [2.24, 2.45) is 0 Å². The van der Waals surface area contributed by atoms with Gasteiger partial charge in [-0.3, -0.25) is 0 Å². The highest BCUT2D eigenvalue weighted by Gasteiger charge is 2.09. The van der Waals surface area contributed by atoms with Crippen molar-refractivity contribution in [1.82, 2.24) is 0 Å². The Morgan fingerprint density at radius 1 is 1.45 bits per heavy atom. The Hall–Kier alpha value is 1.09. The second-order valence-electron chi connectivity index (χ2n) is 2.12. The van der Waals surface area contributed by atoms with Crippen molar-refractivity contribution in [3.8, 4) is 0 Å². The van der Waals surface area contributed by atoms with Crippen molar-refractivity contribution in [2.75, 3.05) is 0 Å². The second-order valence-corrected chi connectivity index (χ2v) is 5.15. The first-order valence-electron chi connectivity index (χ1n) is 2.83. The quantitative estimate of drug-likeness (QED) is 0.324. The van der Waals surface area contributed by atoms with Crippen LogP contribution in [0.4, 0.5) is 4.39 Å². The molecule has 1 aromatic rings. The molecule has 0 heterocycles. The summed E-state index contributed by atoms with van der Waals surface area (Å²) in [5.74, 6) is -0.135. The van der Waals surface area contributed by atoms with Crippen LogP contribution in [0.2, 0.25) is 0 Å². The average Bonchev–Trinajstić information content (AvgIpc) is 1.97. The third-order valence-electron chi connectivity index (χ3n) is 1.28. The smallest absolute Gasteiger partial charge is 0.150 e. The predicted molar refractivity (Wildman–Crippen MR) is 64.3 cm³/mol. The maximum absolute atomic E-state index is 13.1. The highest BCUT2D eigenvalue weighted by atomic mass is 127. The summed E-state index contributed by atoms with van der Waals surface area (Å²) in [5.41, 5.74) is 1.07. The number of halogens is 4. The lowest BCUT2D eigenvalue weighted by molar-refractivity contribution is 0.611. The molecule has 0 aliphatic heterocycles. The molecule has 1 rings (SSSR count). The van der Waals surface area contributed by atoms with Gasteiger partial charge in [0.15, 0.2) is 5.82 Å². The Morgan fingerprint density at radius 3 is 2.55 bits per heavy atom. The van der Waals surface area contributed by atoms with Gasteiger partial charge in [0.2, 0.25) is 0 Å². The van der Waals surface area contributed by atoms with E-state index in [2.05, 4.69) is 15.9 Å². The SMILES string of the molecule is Cc1cc(I)c(F)c(I)c1Br. The average molecular weight is 441 g/mol. The van der Waals surface area contributed by atoms with Crippen LogP contribution < -0.4 is 0 Å². The molecule has 0 saturated heterocycles. The van der Waals surface area contributed by atoms with E-state index in [1.165, 1.54) is 0 Å². The topological polar surface area (TPSA) is 0 Å². The summed E-state index contributed by atoms with van der Waals surface area (Å²) in [6, 6.07) is 1.82. The summed E-state index contributed by atoms with van der Waals surface area (Å²) in [5, 5.41) is 0. The minimum absolute atomic E-state index is 0.135. The van der Waals surface area contributed by atoms with Gasteiger partial charge in [0.25, 0.3) is 0 Å². The van der Waals surface area contributed by atoms with Crippen molar-refractivity contribution in [3.05, 3.63) is 29.1 Å². The zero-order chi connectivity index (χ0) is 8.59. The molecular weight excluding hydrogens is 437 g/mol. The van der Waals surface area contributed by atoms with Crippen LogP contribution in [0, 0.1) is 19.9 Å². The van der Waals surface area contributed by atoms with Crippen LogP contribution in [-0.2, 0) is 0 Å². The zero-order valence-electron chi connectivity index (χ0n) is 5.59. The molecule has 0 saturated carbocycles. The Bertz CT molecular complexity index is 273. The Kier molecular flexibility index (Phi) is 3.57. The maximum Gasteiger partial charge on any atom is 0.150 e. The summed E-state index contributed by atoms with van der Waals surface area (Å²) >= 11 is 7.30. The standard InChI is InChI=1S/C7H4BrFI2/c1-3-2-4(10)6(9)7(11)5(3)8/h2H,1H3. The van der Waals surface area contributed by atoms with Crippen LogP contribution in [0.5, 0.6) is 0 Å². The molecule has 0 fully saturated rings. The van der Waals surface area contributed by atoms with Gasteiger partial charge in [-0.2, -0.15) is 0 Å². The van der Waals surface area contributed by atoms with Gasteiger partial charge >= 0.3 is 0 Å². The minimum atomic E-state index is -0.135. The normalized spacial score (nSPS) is 10.3. The van der Waals surface area contributed by atoms with Crippen molar-refractivity contribution in [1.29, 1.82) is 0 Å². The summed E-state index contributed by atoms with van der Waals surface area (Å²) in [6.45, 7) is 1.95. The third kappa shape index (κ3) is 2.06. The van der Waals surface area contributed by atoms with Crippen LogP contribution in [-0.4, -0.2) is 0 Å². The van der Waals surface area contributed by atoms with E-state index in [9.17, 15) is 4.39 Å². The van der Waals surface area contributed by atoms with Gasteiger partial charge < -0.3 is 0 Å². The summed E-state index contributed by atoms with van der Waals surface area (Å²) in [4.78, 5) is 0. The molecule has 0 unspecified atom stereocenters. The van der Waals surface area contributed by atoms with Crippen molar-refractivity contribution in [2.45, 2.75) is 6.92 Å². The molecule has 11 heavy (non-hydrogen) atoms. The molecule has 0 bridgehead atoms. The molecule has 4 heteroatoms. The summed E-state index contributed by atoms with van der Waals surface area (Å²) in [7, 11) is 0. The van der Waals surface area contributed by atoms with Gasteiger partial charge in [0, 0.05) is 4.47 Å². The van der Waals surface area contributed by atoms with Crippen LogP contribution >= 0.6 is 61.1 Å². The second kappa shape index (κ2) is 3.87. The fourth-order valence-corrected chi connectivity index (χ4v) is 2.95. The number of aryl methyl sites for hydroxylation is 1. The lowest BCUT2D eigenvalue weighted by Gasteiger charge is -2.03. The van der Waals surface area contributed by atoms with Crippen LogP contribution in [0.1, 0.15) is 5.56 Å². The molecule has 0 N–H and O–H groups in total. The van der Waals surface area contributed by atoms with E-state index in [1.54, 1.807) is 0 Å². The van der Waals surface area contributed by atoms with E-state index < -0.39 is 0 Å². The maximum atomic E-state index is 13.1. The first kappa shape index (κ1) is 10.2. The monoisotopic (exact) mass is 440 g/mol. The van der Waals surface area contributed by atoms with E-state index in [-0.39, 0.29) is 5.82 Å². The number of hydrogen-bond donors (Lipinski definition) is 0. The van der Waals surface area contributed by atoms with Crippen molar-refractivity contribution in [3.63, 3.8) is 0 Å². The van der Waals surface area contributed by atoms with Gasteiger partial charge in [0.05, 0.1) is 7.14 Å². The van der Waals surface area contributed by atoms with Crippen LogP contribution in [0.3, 0.4) is 0 Å². The van der Waals surface area contributed by atoms with E-state index >= 15 is 0 Å². The molecule has 1 aromatic carbocycles. The zero-order valence-corrected chi connectivity index (χ0v) is 11.5. The van der Waals surface area contributed by atoms with Gasteiger partial charge in [-0.05, 0) is 79.7 Å². The predicted octanol–water partition coefficient (Wildman–Crippen LogP) is 4.11. The molecule has 0 aromatic heterocycles. The first-order chi connectivity index (χ1) is 5.04. The van der Waals surface area contributed by atoms with E-state index in [0.717, 1.165) is 10.0 Å². The largest absolute Gasteiger partial charge is 0.205 e. The van der Waals surface area contributed by atoms with Gasteiger partial charge in [-0.15, -0.1) is 0 Å². The fraction of sp³-hybridized carbons (Fsp3) is 0.143. The Balaban J connectivity index is 3.46. The summed E-state index contributed by atoms with van der Waals surface area (Å²) in [6.07, 6.45) is 0. The highest BCUT2D eigenvalue weighted by Crippen LogP contribution is 2.28. The number of benzene rings is 1. The Morgan fingerprint density at radius 2 is 2.00 bits per heavy atom. The lowest BCUT2D eigenvalue weighted by atomic mass is 10.2. The molecule has 0 aliphatic rings. The molecule has 60 valence electrons. The lowest BCUT2D eigenvalue weighted by Crippen LogP contribution is -1.91. The molecule has 0 amide bonds. The van der Waals surface area contributed by atoms with Gasteiger partial charge in [0.1, 0.15) is 0 Å². The minimum Gasteiger partial charge on any atom is -0.205 e. The van der Waals surface area contributed by atoms with Crippen molar-refractivity contribution >= 4 is 61.1 Å². The van der Waals surface area contributed by atoms with Crippen molar-refractivity contribution < 1.29 is 4.39 Å². The van der Waals surface area contributed by atoms with E-state index in [0.29, 0.717) is 7.14 Å². The van der Waals surface area contributed by atoms with Gasteiger partial charge in [-0.1, -0.05) is 0 Å². The Labute approximate surface area is 100 Å². The van der Waals surface area contributed by atoms with Crippen LogP contribution in [0.25, 0.3) is 0 Å². The fourth-order valence-electron chi connectivity index (χ4n) is 0.691. The van der Waals surface area contributed by atoms with Crippen LogP contribution in [0.15, 0.2) is 10.5 Å². The summed E-state index contributed by atoms with van der Waals surface area (Å²) < 4.78 is 15.3. The highest BCUT2D eigenvalue weighted by molar-refractivity contribution is 14.1. The third-order valence-corrected chi connectivity index (χ3v) is 4.85. The number of rotatable bonds is 0. The first-order valence-corrected chi connectivity index (χ1v) is 5.78. The molecule has 0 radical (unpaired) electrons. The molecule has 0 spiro atoms. The number of hydrogen-bond acceptors (Lipinski definition) is 0. The van der Waals surface area contributed by atoms with Gasteiger partial charge in [-0.25, -0.2) is 4.39 Å². The van der Waals surface area contributed by atoms with E-state index in [4.69, 9.17) is 0 Å². The molecule has 0 atom stereocenters. The molecule has 0 aliphatic carbocycles.